The molecule has 1 fully saturated rings. The largest absolute Gasteiger partial charge is 0.395 e. The van der Waals surface area contributed by atoms with Gasteiger partial charge in [0.25, 0.3) is 0 Å². The monoisotopic (exact) mass is 351 g/mol. The molecule has 4 nitrogen and oxygen atoms in total. The molecular formula is C12H15BrFNO3S. The molecule has 1 unspecified atom stereocenters. The molecule has 1 aliphatic heterocycles. The average molecular weight is 352 g/mol. The van der Waals surface area contributed by atoms with E-state index in [0.29, 0.717) is 13.0 Å². The number of benzene rings is 1. The fraction of sp³-hybridized carbons (Fsp3) is 0.500. The zero-order chi connectivity index (χ0) is 14.0. The fourth-order valence-electron chi connectivity index (χ4n) is 2.28. The predicted octanol–water partition coefficient (Wildman–Crippen LogP) is 2.12. The van der Waals surface area contributed by atoms with Crippen LogP contribution in [0.4, 0.5) is 4.39 Å². The highest BCUT2D eigenvalue weighted by atomic mass is 79.9. The van der Waals surface area contributed by atoms with Gasteiger partial charge in [-0.15, -0.1) is 0 Å². The number of halogens is 2. The van der Waals surface area contributed by atoms with Crippen molar-refractivity contribution in [2.24, 2.45) is 0 Å². The van der Waals surface area contributed by atoms with E-state index < -0.39 is 21.9 Å². The molecule has 0 saturated carbocycles. The number of sulfonamides is 1. The van der Waals surface area contributed by atoms with Gasteiger partial charge in [0.05, 0.1) is 11.5 Å². The normalized spacial score (nSPS) is 21.5. The first kappa shape index (κ1) is 14.9. The molecule has 0 aliphatic carbocycles. The van der Waals surface area contributed by atoms with Gasteiger partial charge in [0.2, 0.25) is 10.0 Å². The van der Waals surface area contributed by atoms with Crippen molar-refractivity contribution >= 4 is 26.0 Å². The summed E-state index contributed by atoms with van der Waals surface area (Å²) in [5.41, 5.74) is 0. The van der Waals surface area contributed by atoms with E-state index >= 15 is 0 Å². The van der Waals surface area contributed by atoms with Crippen LogP contribution < -0.4 is 0 Å². The minimum atomic E-state index is -3.71. The molecule has 0 spiro atoms. The number of piperidine rings is 1. The van der Waals surface area contributed by atoms with E-state index in [-0.39, 0.29) is 16.0 Å². The van der Waals surface area contributed by atoms with Gasteiger partial charge in [0.15, 0.2) is 0 Å². The van der Waals surface area contributed by atoms with E-state index in [4.69, 9.17) is 0 Å². The van der Waals surface area contributed by atoms with E-state index in [0.717, 1.165) is 25.0 Å². The summed E-state index contributed by atoms with van der Waals surface area (Å²) >= 11 is 3.08. The topological polar surface area (TPSA) is 57.6 Å². The van der Waals surface area contributed by atoms with Crippen LogP contribution in [0.3, 0.4) is 0 Å². The third-order valence-corrected chi connectivity index (χ3v) is 6.19. The second kappa shape index (κ2) is 5.87. The lowest BCUT2D eigenvalue weighted by Gasteiger charge is -2.33. The molecule has 1 aromatic rings. The van der Waals surface area contributed by atoms with Gasteiger partial charge in [-0.25, -0.2) is 12.8 Å². The summed E-state index contributed by atoms with van der Waals surface area (Å²) < 4.78 is 39.7. The summed E-state index contributed by atoms with van der Waals surface area (Å²) in [6, 6.07) is 3.11. The molecule has 2 rings (SSSR count). The number of hydrogen-bond donors (Lipinski definition) is 1. The van der Waals surface area contributed by atoms with Crippen molar-refractivity contribution in [1.29, 1.82) is 0 Å². The van der Waals surface area contributed by atoms with Gasteiger partial charge in [-0.2, -0.15) is 4.31 Å². The molecule has 1 aromatic carbocycles. The van der Waals surface area contributed by atoms with Gasteiger partial charge in [0.1, 0.15) is 5.82 Å². The molecule has 0 amide bonds. The molecule has 19 heavy (non-hydrogen) atoms. The van der Waals surface area contributed by atoms with E-state index in [2.05, 4.69) is 15.9 Å². The fourth-order valence-corrected chi connectivity index (χ4v) is 4.98. The lowest BCUT2D eigenvalue weighted by atomic mass is 10.1. The summed E-state index contributed by atoms with van der Waals surface area (Å²) in [6.45, 7) is 0.190. The van der Waals surface area contributed by atoms with Gasteiger partial charge < -0.3 is 5.11 Å². The second-order valence-corrected chi connectivity index (χ2v) is 7.24. The third-order valence-electron chi connectivity index (χ3n) is 3.26. The van der Waals surface area contributed by atoms with Crippen molar-refractivity contribution in [3.05, 3.63) is 28.5 Å². The lowest BCUT2D eigenvalue weighted by Crippen LogP contribution is -2.45. The molecular weight excluding hydrogens is 337 g/mol. The highest BCUT2D eigenvalue weighted by Gasteiger charge is 2.34. The zero-order valence-electron chi connectivity index (χ0n) is 10.2. The highest BCUT2D eigenvalue weighted by molar-refractivity contribution is 9.10. The quantitative estimate of drug-likeness (QED) is 0.907. The van der Waals surface area contributed by atoms with Gasteiger partial charge >= 0.3 is 0 Å². The first-order valence-corrected chi connectivity index (χ1v) is 8.28. The molecule has 0 aromatic heterocycles. The van der Waals surface area contributed by atoms with Gasteiger partial charge in [-0.3, -0.25) is 0 Å². The van der Waals surface area contributed by atoms with Crippen LogP contribution in [0.2, 0.25) is 0 Å². The maximum absolute atomic E-state index is 13.0. The van der Waals surface area contributed by atoms with Crippen LogP contribution in [-0.2, 0) is 10.0 Å². The Hall–Kier alpha value is -0.500. The van der Waals surface area contributed by atoms with Crippen LogP contribution in [0.1, 0.15) is 19.3 Å². The summed E-state index contributed by atoms with van der Waals surface area (Å²) in [5, 5.41) is 9.31. The Balaban J connectivity index is 2.40. The minimum Gasteiger partial charge on any atom is -0.395 e. The Kier molecular flexibility index (Phi) is 4.60. The molecule has 106 valence electrons. The lowest BCUT2D eigenvalue weighted by molar-refractivity contribution is 0.155. The van der Waals surface area contributed by atoms with Crippen LogP contribution in [-0.4, -0.2) is 37.0 Å². The van der Waals surface area contributed by atoms with E-state index in [1.165, 1.54) is 10.4 Å². The first-order chi connectivity index (χ1) is 8.96. The van der Waals surface area contributed by atoms with Crippen molar-refractivity contribution < 1.29 is 17.9 Å². The summed E-state index contributed by atoms with van der Waals surface area (Å²) in [4.78, 5) is 0.0363. The highest BCUT2D eigenvalue weighted by Crippen LogP contribution is 2.30. The molecule has 0 bridgehead atoms. The van der Waals surface area contributed by atoms with Gasteiger partial charge in [-0.05, 0) is 47.0 Å². The SMILES string of the molecule is O=S(=O)(c1ccc(F)cc1Br)N1CCCCC1CO. The molecule has 1 atom stereocenters. The Labute approximate surface area is 120 Å². The maximum Gasteiger partial charge on any atom is 0.244 e. The number of nitrogens with zero attached hydrogens (tertiary/aromatic N) is 1. The minimum absolute atomic E-state index is 0.0363. The summed E-state index contributed by atoms with van der Waals surface area (Å²) in [6.07, 6.45) is 2.32. The number of hydrogen-bond acceptors (Lipinski definition) is 3. The predicted molar refractivity (Wildman–Crippen MR) is 72.7 cm³/mol. The Morgan fingerprint density at radius 2 is 2.16 bits per heavy atom. The van der Waals surface area contributed by atoms with Crippen molar-refractivity contribution in [2.75, 3.05) is 13.2 Å². The number of aliphatic hydroxyl groups is 1. The average Bonchev–Trinajstić information content (AvgIpc) is 2.38. The standard InChI is InChI=1S/C12H15BrFNO3S/c13-11-7-9(14)4-5-12(11)19(17,18)15-6-2-1-3-10(15)8-16/h4-5,7,10,16H,1-3,6,8H2. The van der Waals surface area contributed by atoms with Gasteiger partial charge in [-0.1, -0.05) is 6.42 Å². The Morgan fingerprint density at radius 3 is 2.79 bits per heavy atom. The molecule has 7 heteroatoms. The maximum atomic E-state index is 13.0. The molecule has 1 heterocycles. The van der Waals surface area contributed by atoms with E-state index in [9.17, 15) is 17.9 Å². The van der Waals surface area contributed by atoms with Crippen molar-refractivity contribution in [2.45, 2.75) is 30.2 Å². The van der Waals surface area contributed by atoms with E-state index in [1.807, 2.05) is 0 Å². The van der Waals surface area contributed by atoms with Crippen LogP contribution in [0, 0.1) is 5.82 Å². The molecule has 0 radical (unpaired) electrons. The number of rotatable bonds is 3. The molecule has 1 N–H and O–H groups in total. The number of aliphatic hydroxyl groups excluding tert-OH is 1. The van der Waals surface area contributed by atoms with Gasteiger partial charge in [0, 0.05) is 17.1 Å². The van der Waals surface area contributed by atoms with Crippen LogP contribution in [0.25, 0.3) is 0 Å². The first-order valence-electron chi connectivity index (χ1n) is 6.04. The van der Waals surface area contributed by atoms with E-state index in [1.54, 1.807) is 0 Å². The van der Waals surface area contributed by atoms with Crippen LogP contribution in [0.15, 0.2) is 27.6 Å². The van der Waals surface area contributed by atoms with Crippen molar-refractivity contribution in [3.63, 3.8) is 0 Å². The Bertz CT molecular complexity index is 564. The molecule has 1 aliphatic rings. The smallest absolute Gasteiger partial charge is 0.244 e. The second-order valence-electron chi connectivity index (χ2n) is 4.52. The van der Waals surface area contributed by atoms with Crippen molar-refractivity contribution in [1.82, 2.24) is 4.31 Å². The zero-order valence-corrected chi connectivity index (χ0v) is 12.6. The Morgan fingerprint density at radius 1 is 1.42 bits per heavy atom. The third kappa shape index (κ3) is 2.99. The summed E-state index contributed by atoms with van der Waals surface area (Å²) in [7, 11) is -3.71. The van der Waals surface area contributed by atoms with Crippen LogP contribution >= 0.6 is 15.9 Å². The molecule has 1 saturated heterocycles. The van der Waals surface area contributed by atoms with Crippen molar-refractivity contribution in [3.8, 4) is 0 Å². The summed E-state index contributed by atoms with van der Waals surface area (Å²) in [5.74, 6) is -0.497. The van der Waals surface area contributed by atoms with Crippen LogP contribution in [0.5, 0.6) is 0 Å².